The van der Waals surface area contributed by atoms with Crippen LogP contribution in [0.5, 0.6) is 17.2 Å². The molecule has 5 N–H and O–H groups in total. The van der Waals surface area contributed by atoms with Gasteiger partial charge in [-0.1, -0.05) is 58.0 Å². The number of nitrogens with zero attached hydrogens (tertiary/aromatic N) is 5. The van der Waals surface area contributed by atoms with Gasteiger partial charge in [0.05, 0.1) is 62.7 Å². The molecule has 24 nitrogen and oxygen atoms in total. The van der Waals surface area contributed by atoms with E-state index >= 15 is 0 Å². The van der Waals surface area contributed by atoms with Gasteiger partial charge in [0.2, 0.25) is 5.91 Å². The van der Waals surface area contributed by atoms with Crippen LogP contribution in [0.4, 0.5) is 0 Å². The largest absolute Gasteiger partial charge is 1.00 e. The van der Waals surface area contributed by atoms with E-state index in [0.29, 0.717) is 121 Å². The number of hydrogen-bond acceptors (Lipinski definition) is 17. The van der Waals surface area contributed by atoms with Gasteiger partial charge in [-0.2, -0.15) is 13.0 Å². The smallest absolute Gasteiger partial charge is 0.356 e. The standard InChI is InChI=1S/C26H22ClN3O5.C20H17Cl2NO4.C19H16ClNO4.C6H6N2O.CH2Cl2O3S.HI/c1-16-21(13-24(31)35-15-29-11-3-4-18(14-29)25(28)32)22-12-20(34-2)9-10-23(22)30(16)26(33)17-5-7-19(27)8-6-17;1-12-16(10-19(24)27-11-21)17-9-15(26-2)7-8-18(17)23(12)20(25)13-3-5-14(22)6-4-13;1-11-15(10-18(22)23)16-9-14(25-2)7-8-17(16)21(11)19(24)12-3-5-13(20)6-4-12;7-6(9)5-2-1-3-8-4-5;2-1-6-7(3,4)5;/h3-12,14H,13,15H2,1-2H3,(H-,28,32);3-9H,10-11H2,1-2H3;3-9H,10H2,1-2H3,(H,22,23);1-4H,(H2,7,9);1H2;1H. The number of carboxylic acid groups (broad SMARTS) is 1. The van der Waals surface area contributed by atoms with Gasteiger partial charge in [-0.15, -0.1) is 0 Å². The maximum atomic E-state index is 13.4. The molecule has 0 aliphatic carbocycles. The first-order valence-corrected chi connectivity index (χ1v) is 34.6. The van der Waals surface area contributed by atoms with E-state index in [0.717, 1.165) is 5.39 Å². The van der Waals surface area contributed by atoms with Gasteiger partial charge in [0.25, 0.3) is 30.4 Å². The lowest BCUT2D eigenvalue weighted by Gasteiger charge is -2.08. The Labute approximate surface area is 642 Å². The number of aliphatic carboxylic acids is 1. The summed E-state index contributed by atoms with van der Waals surface area (Å²) in [5.41, 5.74) is 18.2. The van der Waals surface area contributed by atoms with E-state index in [9.17, 15) is 51.9 Å². The second-order valence-corrected chi connectivity index (χ2v) is 25.6. The Hall–Kier alpha value is -9.62. The predicted octanol–water partition coefficient (Wildman–Crippen LogP) is 9.81. The van der Waals surface area contributed by atoms with Crippen LogP contribution in [0.2, 0.25) is 15.1 Å². The fourth-order valence-corrected chi connectivity index (χ4v) is 11.7. The molecule has 0 saturated carbocycles. The van der Waals surface area contributed by atoms with E-state index in [4.69, 9.17) is 93.2 Å². The monoisotopic (exact) mass is 1670 g/mol. The molecule has 0 fully saturated rings. The lowest BCUT2D eigenvalue weighted by molar-refractivity contribution is -0.727. The van der Waals surface area contributed by atoms with Crippen molar-refractivity contribution in [3.05, 3.63) is 253 Å². The van der Waals surface area contributed by atoms with Crippen LogP contribution in [0.15, 0.2) is 176 Å². The van der Waals surface area contributed by atoms with Crippen molar-refractivity contribution >= 4 is 158 Å². The van der Waals surface area contributed by atoms with Crippen LogP contribution in [0.3, 0.4) is 0 Å². The minimum atomic E-state index is -3.83. The molecule has 0 bridgehead atoms. The number of methoxy groups -OCH3 is 3. The minimum Gasteiger partial charge on any atom is -1.00 e. The molecule has 0 radical (unpaired) electrons. The summed E-state index contributed by atoms with van der Waals surface area (Å²) in [7, 11) is 5.32. The molecule has 544 valence electrons. The average molecular weight is 1670 g/mol. The first-order valence-electron chi connectivity index (χ1n) is 30.2. The van der Waals surface area contributed by atoms with Crippen LogP contribution in [-0.4, -0.2) is 113 Å². The predicted molar refractivity (Wildman–Crippen MR) is 389 cm³/mol. The van der Waals surface area contributed by atoms with Crippen molar-refractivity contribution in [1.29, 1.82) is 0 Å². The highest BCUT2D eigenvalue weighted by atomic mass is 127. The molecule has 5 heterocycles. The number of benzene rings is 6. The summed E-state index contributed by atoms with van der Waals surface area (Å²) in [5, 5.41) is 13.0. The van der Waals surface area contributed by atoms with E-state index in [1.165, 1.54) is 17.0 Å². The quantitative estimate of drug-likeness (QED) is 0.0223. The highest BCUT2D eigenvalue weighted by Crippen LogP contribution is 2.35. The van der Waals surface area contributed by atoms with Crippen molar-refractivity contribution in [3.63, 3.8) is 0 Å². The fraction of sp³-hybridized carbons (Fsp3) is 0.167. The molecule has 0 spiro atoms. The highest BCUT2D eigenvalue weighted by Gasteiger charge is 2.26. The Morgan fingerprint density at radius 1 is 0.500 bits per heavy atom. The number of esters is 2. The van der Waals surface area contributed by atoms with Gasteiger partial charge in [0.1, 0.15) is 28.9 Å². The number of rotatable bonds is 19. The molecule has 5 aromatic heterocycles. The molecule has 0 unspecified atom stereocenters. The molecule has 0 atom stereocenters. The fourth-order valence-electron chi connectivity index (χ4n) is 10.4. The SMILES string of the molecule is COc1ccc2c(c1)c(CC(=O)O)c(C)n2C(=O)c1ccc(Cl)cc1.COc1ccc2c(c1)c(CC(=O)OCCl)c(C)n2C(=O)c1ccc(Cl)cc1.COc1ccc2c(c1)c(CC(=O)OC[n+]1cccc(C(N)=O)c1)c(C)n2C(=O)c1ccc(Cl)cc1.NC(=O)c1cccnc1.O=S(=O)(Cl)OCCl.[I-]. The van der Waals surface area contributed by atoms with Crippen LogP contribution in [-0.2, 0) is 63.4 Å². The third kappa shape index (κ3) is 22.0. The summed E-state index contributed by atoms with van der Waals surface area (Å²) in [5.74, 6) is -1.78. The second kappa shape index (κ2) is 38.8. The number of fused-ring (bicyclic) bond motifs is 3. The van der Waals surface area contributed by atoms with Gasteiger partial charge in [-0.25, -0.2) is 4.18 Å². The molecule has 104 heavy (non-hydrogen) atoms. The van der Waals surface area contributed by atoms with E-state index in [2.05, 4.69) is 19.8 Å². The first kappa shape index (κ1) is 83.3. The number of carbonyl (C=O) groups excluding carboxylic acids is 7. The highest BCUT2D eigenvalue weighted by molar-refractivity contribution is 8.10. The Balaban J connectivity index is 0.000000222. The number of halogens is 7. The number of carbonyl (C=O) groups is 8. The summed E-state index contributed by atoms with van der Waals surface area (Å²) in [6.45, 7) is 5.24. The molecular weight excluding hydrogens is 1610 g/mol. The van der Waals surface area contributed by atoms with Gasteiger partial charge < -0.3 is 64.2 Å². The number of carboxylic acids is 1. The number of aromatic nitrogens is 5. The van der Waals surface area contributed by atoms with E-state index < -0.39 is 45.1 Å². The number of ether oxygens (including phenoxy) is 5. The minimum absolute atomic E-state index is 0. The number of alkyl halides is 2. The first-order chi connectivity index (χ1) is 49.0. The molecular formula is C72H64Cl6IN7O17S. The zero-order valence-corrected chi connectivity index (χ0v) is 63.4. The van der Waals surface area contributed by atoms with Crippen molar-refractivity contribution in [1.82, 2.24) is 18.7 Å². The molecule has 0 aliphatic rings. The molecule has 0 saturated heterocycles. The van der Waals surface area contributed by atoms with Crippen molar-refractivity contribution in [2.24, 2.45) is 11.5 Å². The Morgan fingerprint density at radius 2 is 0.865 bits per heavy atom. The van der Waals surface area contributed by atoms with Crippen molar-refractivity contribution < 1.29 is 108 Å². The lowest BCUT2D eigenvalue weighted by atomic mass is 10.1. The summed E-state index contributed by atoms with van der Waals surface area (Å²) >= 11 is 28.1. The molecule has 11 aromatic rings. The van der Waals surface area contributed by atoms with Gasteiger partial charge >= 0.3 is 27.2 Å². The molecule has 32 heteroatoms. The number of primary amides is 2. The van der Waals surface area contributed by atoms with Crippen LogP contribution in [0, 0.1) is 20.8 Å². The van der Waals surface area contributed by atoms with Gasteiger partial charge in [-0.3, -0.25) is 57.0 Å². The molecule has 0 aliphatic heterocycles. The second-order valence-electron chi connectivity index (χ2n) is 21.7. The van der Waals surface area contributed by atoms with Crippen LogP contribution in [0.1, 0.15) is 85.6 Å². The number of amides is 2. The van der Waals surface area contributed by atoms with Gasteiger partial charge in [0.15, 0.2) is 18.5 Å². The maximum Gasteiger partial charge on any atom is 0.356 e. The summed E-state index contributed by atoms with van der Waals surface area (Å²) in [4.78, 5) is 101. The molecule has 6 aromatic carbocycles. The third-order valence-corrected chi connectivity index (χ3v) is 17.1. The zero-order valence-electron chi connectivity index (χ0n) is 55.9. The van der Waals surface area contributed by atoms with Crippen molar-refractivity contribution in [2.75, 3.05) is 33.5 Å². The summed E-state index contributed by atoms with van der Waals surface area (Å²) < 4.78 is 55.5. The topological polar surface area (TPSA) is 330 Å². The summed E-state index contributed by atoms with van der Waals surface area (Å²) in [6.07, 6.45) is 5.95. The van der Waals surface area contributed by atoms with Crippen molar-refractivity contribution in [3.8, 4) is 17.2 Å². The van der Waals surface area contributed by atoms with Crippen molar-refractivity contribution in [2.45, 2.75) is 46.8 Å². The van der Waals surface area contributed by atoms with Gasteiger partial charge in [-0.05, 0) is 183 Å². The van der Waals surface area contributed by atoms with Crippen LogP contribution < -0.4 is 54.2 Å². The molecule has 11 rings (SSSR count). The third-order valence-electron chi connectivity index (χ3n) is 15.3. The Bertz CT molecular complexity index is 5080. The van der Waals surface area contributed by atoms with E-state index in [-0.39, 0.29) is 73.8 Å². The number of nitrogens with two attached hydrogens (primary N) is 2. The summed E-state index contributed by atoms with van der Waals surface area (Å²) in [6, 6.07) is 41.7. The maximum absolute atomic E-state index is 13.4. The van der Waals surface area contributed by atoms with Crippen LogP contribution >= 0.6 is 68.7 Å². The van der Waals surface area contributed by atoms with E-state index in [1.807, 2.05) is 0 Å². The number of pyridine rings is 2. The number of hydrogen-bond donors (Lipinski definition) is 3. The molecule has 2 amide bonds. The van der Waals surface area contributed by atoms with E-state index in [1.54, 1.807) is 220 Å². The van der Waals surface area contributed by atoms with Gasteiger partial charge in [0, 0.05) is 94.1 Å². The zero-order chi connectivity index (χ0) is 75.4. The lowest BCUT2D eigenvalue weighted by Crippen LogP contribution is -3.00. The van der Waals surface area contributed by atoms with Crippen LogP contribution in [0.25, 0.3) is 32.7 Å². The average Bonchev–Trinajstić information content (AvgIpc) is 1.62. The Morgan fingerprint density at radius 3 is 1.16 bits per heavy atom. The normalized spacial score (nSPS) is 10.6. The Kier molecular flexibility index (Phi) is 31.1.